The van der Waals surface area contributed by atoms with E-state index in [-0.39, 0.29) is 5.75 Å². The van der Waals surface area contributed by atoms with Gasteiger partial charge in [0.25, 0.3) is 0 Å². The molecular formula is C11H13N3O2. The van der Waals surface area contributed by atoms with Gasteiger partial charge in [0.05, 0.1) is 13.3 Å². The van der Waals surface area contributed by atoms with Crippen LogP contribution in [0.3, 0.4) is 0 Å². The normalized spacial score (nSPS) is 10.4. The van der Waals surface area contributed by atoms with Crippen LogP contribution >= 0.6 is 0 Å². The Morgan fingerprint density at radius 3 is 2.69 bits per heavy atom. The molecule has 0 bridgehead atoms. The SMILES string of the molecule is COc1cc(C)c(O)c(-c2cn[nH]c2N)c1. The second-order valence-electron chi connectivity index (χ2n) is 3.54. The van der Waals surface area contributed by atoms with E-state index < -0.39 is 0 Å². The van der Waals surface area contributed by atoms with Crippen molar-refractivity contribution in [1.82, 2.24) is 10.2 Å². The third-order valence-corrected chi connectivity index (χ3v) is 2.47. The van der Waals surface area contributed by atoms with E-state index in [2.05, 4.69) is 10.2 Å². The quantitative estimate of drug-likeness (QED) is 0.717. The van der Waals surface area contributed by atoms with Gasteiger partial charge >= 0.3 is 0 Å². The van der Waals surface area contributed by atoms with Gasteiger partial charge in [0.1, 0.15) is 17.3 Å². The zero-order valence-electron chi connectivity index (χ0n) is 9.11. The van der Waals surface area contributed by atoms with E-state index >= 15 is 0 Å². The summed E-state index contributed by atoms with van der Waals surface area (Å²) in [5, 5.41) is 16.4. The lowest BCUT2D eigenvalue weighted by atomic mass is 10.0. The predicted molar refractivity (Wildman–Crippen MR) is 61.4 cm³/mol. The molecule has 5 nitrogen and oxygen atoms in total. The molecule has 1 aromatic heterocycles. The van der Waals surface area contributed by atoms with Crippen molar-refractivity contribution in [2.45, 2.75) is 6.92 Å². The average molecular weight is 219 g/mol. The number of rotatable bonds is 2. The molecule has 0 radical (unpaired) electrons. The zero-order chi connectivity index (χ0) is 11.7. The van der Waals surface area contributed by atoms with Crippen LogP contribution in [0, 0.1) is 6.92 Å². The smallest absolute Gasteiger partial charge is 0.126 e. The number of aromatic nitrogens is 2. The summed E-state index contributed by atoms with van der Waals surface area (Å²) in [7, 11) is 1.58. The molecule has 1 heterocycles. The molecule has 2 aromatic rings. The van der Waals surface area contributed by atoms with Crippen LogP contribution in [-0.2, 0) is 0 Å². The molecule has 0 saturated heterocycles. The lowest BCUT2D eigenvalue weighted by Gasteiger charge is -2.09. The Morgan fingerprint density at radius 2 is 2.12 bits per heavy atom. The van der Waals surface area contributed by atoms with Crippen LogP contribution in [0.2, 0.25) is 0 Å². The van der Waals surface area contributed by atoms with Gasteiger partial charge in [-0.1, -0.05) is 0 Å². The summed E-state index contributed by atoms with van der Waals surface area (Å²) in [4.78, 5) is 0. The standard InChI is InChI=1S/C11H13N3O2/c1-6-3-7(16-2)4-8(10(6)15)9-5-13-14-11(9)12/h3-5,15H,1-2H3,(H3,12,13,14). The molecule has 0 atom stereocenters. The maximum atomic E-state index is 9.96. The Bertz CT molecular complexity index is 520. The minimum absolute atomic E-state index is 0.189. The van der Waals surface area contributed by atoms with E-state index in [4.69, 9.17) is 10.5 Å². The van der Waals surface area contributed by atoms with Crippen molar-refractivity contribution in [2.24, 2.45) is 0 Å². The lowest BCUT2D eigenvalue weighted by Crippen LogP contribution is -1.91. The van der Waals surface area contributed by atoms with Crippen LogP contribution in [0.5, 0.6) is 11.5 Å². The van der Waals surface area contributed by atoms with Crippen LogP contribution < -0.4 is 10.5 Å². The Labute approximate surface area is 92.9 Å². The maximum absolute atomic E-state index is 9.96. The molecule has 1 aromatic carbocycles. The Balaban J connectivity index is 2.64. The Hall–Kier alpha value is -2.17. The number of hydrogen-bond acceptors (Lipinski definition) is 4. The summed E-state index contributed by atoms with van der Waals surface area (Å²) >= 11 is 0. The van der Waals surface area contributed by atoms with Gasteiger partial charge in [-0.15, -0.1) is 0 Å². The van der Waals surface area contributed by atoms with Crippen LogP contribution in [-0.4, -0.2) is 22.4 Å². The first kappa shape index (κ1) is 10.4. The molecule has 4 N–H and O–H groups in total. The number of phenolic OH excluding ortho intramolecular Hbond substituents is 1. The van der Waals surface area contributed by atoms with Gasteiger partial charge in [0.2, 0.25) is 0 Å². The molecule has 2 rings (SSSR count). The van der Waals surface area contributed by atoms with Crippen molar-refractivity contribution in [1.29, 1.82) is 0 Å². The van der Waals surface area contributed by atoms with Gasteiger partial charge in [0, 0.05) is 11.1 Å². The summed E-state index contributed by atoms with van der Waals surface area (Å²) in [5.41, 5.74) is 7.72. The number of nitrogens with zero attached hydrogens (tertiary/aromatic N) is 1. The highest BCUT2D eigenvalue weighted by atomic mass is 16.5. The van der Waals surface area contributed by atoms with Gasteiger partial charge in [-0.05, 0) is 24.6 Å². The number of aromatic amines is 1. The summed E-state index contributed by atoms with van der Waals surface area (Å²) < 4.78 is 5.15. The molecule has 0 fully saturated rings. The van der Waals surface area contributed by atoms with Crippen LogP contribution in [0.1, 0.15) is 5.56 Å². The third kappa shape index (κ3) is 1.56. The van der Waals surface area contributed by atoms with E-state index in [9.17, 15) is 5.11 Å². The molecule has 0 unspecified atom stereocenters. The van der Waals surface area contributed by atoms with E-state index in [1.807, 2.05) is 0 Å². The number of benzene rings is 1. The number of nitrogens with two attached hydrogens (primary N) is 1. The number of nitrogens with one attached hydrogen (secondary N) is 1. The number of aromatic hydroxyl groups is 1. The number of aryl methyl sites for hydroxylation is 1. The molecule has 84 valence electrons. The molecule has 0 aliphatic carbocycles. The van der Waals surface area contributed by atoms with Crippen LogP contribution in [0.25, 0.3) is 11.1 Å². The van der Waals surface area contributed by atoms with Crippen molar-refractivity contribution in [2.75, 3.05) is 12.8 Å². The minimum atomic E-state index is 0.189. The monoisotopic (exact) mass is 219 g/mol. The largest absolute Gasteiger partial charge is 0.507 e. The fourth-order valence-electron chi connectivity index (χ4n) is 1.58. The van der Waals surface area contributed by atoms with Crippen molar-refractivity contribution < 1.29 is 9.84 Å². The summed E-state index contributed by atoms with van der Waals surface area (Å²) in [5.74, 6) is 1.28. The number of ether oxygens (including phenoxy) is 1. The van der Waals surface area contributed by atoms with Crippen LogP contribution in [0.4, 0.5) is 5.82 Å². The third-order valence-electron chi connectivity index (χ3n) is 2.47. The molecule has 0 aliphatic heterocycles. The van der Waals surface area contributed by atoms with Gasteiger partial charge in [-0.25, -0.2) is 0 Å². The predicted octanol–water partition coefficient (Wildman–Crippen LogP) is 1.68. The second-order valence-corrected chi connectivity index (χ2v) is 3.54. The van der Waals surface area contributed by atoms with E-state index in [0.29, 0.717) is 22.7 Å². The molecule has 0 amide bonds. The van der Waals surface area contributed by atoms with Crippen molar-refractivity contribution in [3.05, 3.63) is 23.9 Å². The van der Waals surface area contributed by atoms with Gasteiger partial charge < -0.3 is 15.6 Å². The molecule has 0 saturated carbocycles. The Morgan fingerprint density at radius 1 is 1.38 bits per heavy atom. The van der Waals surface area contributed by atoms with E-state index in [1.165, 1.54) is 0 Å². The van der Waals surface area contributed by atoms with Gasteiger partial charge in [0.15, 0.2) is 0 Å². The van der Waals surface area contributed by atoms with Crippen molar-refractivity contribution in [3.63, 3.8) is 0 Å². The number of phenols is 1. The van der Waals surface area contributed by atoms with Crippen molar-refractivity contribution >= 4 is 5.82 Å². The van der Waals surface area contributed by atoms with Gasteiger partial charge in [-0.2, -0.15) is 5.10 Å². The molecule has 0 spiro atoms. The number of anilines is 1. The number of nitrogen functional groups attached to an aromatic ring is 1. The fourth-order valence-corrected chi connectivity index (χ4v) is 1.58. The molecule has 16 heavy (non-hydrogen) atoms. The maximum Gasteiger partial charge on any atom is 0.126 e. The van der Waals surface area contributed by atoms with Crippen LogP contribution in [0.15, 0.2) is 18.3 Å². The first-order valence-electron chi connectivity index (χ1n) is 4.80. The lowest BCUT2D eigenvalue weighted by molar-refractivity contribution is 0.412. The second kappa shape index (κ2) is 3.77. The summed E-state index contributed by atoms with van der Waals surface area (Å²) in [6.45, 7) is 1.80. The zero-order valence-corrected chi connectivity index (χ0v) is 9.11. The summed E-state index contributed by atoms with van der Waals surface area (Å²) in [6, 6.07) is 3.48. The molecule has 5 heteroatoms. The number of methoxy groups -OCH3 is 1. The molecule has 0 aliphatic rings. The number of hydrogen-bond donors (Lipinski definition) is 3. The van der Waals surface area contributed by atoms with Gasteiger partial charge in [-0.3, -0.25) is 5.10 Å². The van der Waals surface area contributed by atoms with Crippen molar-refractivity contribution in [3.8, 4) is 22.6 Å². The molecular weight excluding hydrogens is 206 g/mol. The highest BCUT2D eigenvalue weighted by molar-refractivity contribution is 5.79. The average Bonchev–Trinajstić information content (AvgIpc) is 2.68. The first-order chi connectivity index (χ1) is 7.63. The highest BCUT2D eigenvalue weighted by Crippen LogP contribution is 2.37. The first-order valence-corrected chi connectivity index (χ1v) is 4.80. The highest BCUT2D eigenvalue weighted by Gasteiger charge is 2.13. The minimum Gasteiger partial charge on any atom is -0.507 e. The topological polar surface area (TPSA) is 84.2 Å². The summed E-state index contributed by atoms with van der Waals surface area (Å²) in [6.07, 6.45) is 1.57. The van der Waals surface area contributed by atoms with E-state index in [0.717, 1.165) is 5.56 Å². The Kier molecular flexibility index (Phi) is 2.44. The fraction of sp³-hybridized carbons (Fsp3) is 0.182. The number of H-pyrrole nitrogens is 1. The van der Waals surface area contributed by atoms with E-state index in [1.54, 1.807) is 32.4 Å².